The molecule has 2 aliphatic carbocycles. The Bertz CT molecular complexity index is 2900. The van der Waals surface area contributed by atoms with Crippen molar-refractivity contribution in [3.63, 3.8) is 0 Å². The van der Waals surface area contributed by atoms with Gasteiger partial charge < -0.3 is 21.1 Å². The number of esters is 1. The Labute approximate surface area is 403 Å². The molecule has 2 aliphatic heterocycles. The van der Waals surface area contributed by atoms with Crippen molar-refractivity contribution >= 4 is 17.3 Å². The van der Waals surface area contributed by atoms with Gasteiger partial charge >= 0.3 is 5.97 Å². The summed E-state index contributed by atoms with van der Waals surface area (Å²) in [6.45, 7) is 9.77. The summed E-state index contributed by atoms with van der Waals surface area (Å²) in [5.74, 6) is 0.233. The molecule has 6 nitrogen and oxygen atoms in total. The monoisotopic (exact) mass is 897 g/mol. The highest BCUT2D eigenvalue weighted by Crippen LogP contribution is 2.38. The van der Waals surface area contributed by atoms with Crippen molar-refractivity contribution in [2.24, 2.45) is 11.7 Å². The number of dihydropyridines is 1. The van der Waals surface area contributed by atoms with Crippen molar-refractivity contribution in [1.82, 2.24) is 10.6 Å². The van der Waals surface area contributed by atoms with E-state index < -0.39 is 5.60 Å². The lowest BCUT2D eigenvalue weighted by Gasteiger charge is -2.35. The summed E-state index contributed by atoms with van der Waals surface area (Å²) in [4.78, 5) is 12.8. The zero-order chi connectivity index (χ0) is 47.6. The Morgan fingerprint density at radius 3 is 2.28 bits per heavy atom. The number of ether oxygens (including phenoxy) is 1. The number of hydrogen-bond acceptors (Lipinski definition) is 6. The molecule has 0 fully saturated rings. The van der Waals surface area contributed by atoms with Crippen molar-refractivity contribution < 1.29 is 9.53 Å². The van der Waals surface area contributed by atoms with Gasteiger partial charge in [0.15, 0.2) is 0 Å². The molecule has 8 rings (SSSR count). The number of benzene rings is 4. The molecule has 344 valence electrons. The van der Waals surface area contributed by atoms with Crippen molar-refractivity contribution in [3.05, 3.63) is 227 Å². The first-order valence-corrected chi connectivity index (χ1v) is 24.1. The summed E-state index contributed by atoms with van der Waals surface area (Å²) in [6, 6.07) is 32.8. The van der Waals surface area contributed by atoms with Crippen LogP contribution in [-0.2, 0) is 16.0 Å². The third kappa shape index (κ3) is 11.9. The zero-order valence-electron chi connectivity index (χ0n) is 40.1. The number of hydrogen-bond donors (Lipinski definition) is 4. The van der Waals surface area contributed by atoms with Crippen LogP contribution in [0.3, 0.4) is 0 Å². The highest BCUT2D eigenvalue weighted by molar-refractivity contribution is 6.06. The molecule has 0 bridgehead atoms. The molecule has 6 heteroatoms. The maximum absolute atomic E-state index is 12.8. The summed E-state index contributed by atoms with van der Waals surface area (Å²) in [5, 5.41) is 16.4. The normalized spacial score (nSPS) is 20.3. The predicted molar refractivity (Wildman–Crippen MR) is 284 cm³/mol. The maximum atomic E-state index is 12.8. The molecule has 5 N–H and O–H groups in total. The van der Waals surface area contributed by atoms with Gasteiger partial charge in [-0.3, -0.25) is 10.2 Å². The first-order valence-electron chi connectivity index (χ1n) is 24.1. The van der Waals surface area contributed by atoms with Crippen LogP contribution < -0.4 is 16.4 Å². The summed E-state index contributed by atoms with van der Waals surface area (Å²) < 4.78 is 5.64. The van der Waals surface area contributed by atoms with Gasteiger partial charge in [0.2, 0.25) is 0 Å². The van der Waals surface area contributed by atoms with Crippen LogP contribution >= 0.6 is 0 Å². The van der Waals surface area contributed by atoms with E-state index in [1.165, 1.54) is 5.56 Å². The minimum atomic E-state index is -0.543. The molecular weight excluding hydrogens is 833 g/mol. The minimum Gasteiger partial charge on any atom is -0.460 e. The van der Waals surface area contributed by atoms with E-state index in [1.807, 2.05) is 64.1 Å². The Balaban J connectivity index is 1.20. The third-order valence-corrected chi connectivity index (χ3v) is 12.6. The predicted octanol–water partition coefficient (Wildman–Crippen LogP) is 13.7. The van der Waals surface area contributed by atoms with Crippen LogP contribution in [0.1, 0.15) is 82.9 Å². The fourth-order valence-electron chi connectivity index (χ4n) is 9.17. The van der Waals surface area contributed by atoms with E-state index in [2.05, 4.69) is 169 Å². The van der Waals surface area contributed by atoms with Gasteiger partial charge in [-0.25, -0.2) is 0 Å². The molecule has 2 heterocycles. The number of allylic oxidation sites excluding steroid dienone is 13. The molecule has 0 spiro atoms. The van der Waals surface area contributed by atoms with Crippen LogP contribution in [0.25, 0.3) is 39.0 Å². The number of nitrogens with one attached hydrogen (secondary N) is 3. The molecule has 68 heavy (non-hydrogen) atoms. The molecule has 4 unspecified atom stereocenters. The van der Waals surface area contributed by atoms with Crippen LogP contribution in [0.2, 0.25) is 0 Å². The number of carbonyl (C=O) groups excluding carboxylic acids is 1. The van der Waals surface area contributed by atoms with Crippen LogP contribution in [0.4, 0.5) is 0 Å². The lowest BCUT2D eigenvalue weighted by molar-refractivity contribution is -0.153. The van der Waals surface area contributed by atoms with Crippen molar-refractivity contribution in [3.8, 4) is 33.4 Å². The first-order chi connectivity index (χ1) is 32.9. The van der Waals surface area contributed by atoms with Gasteiger partial charge in [-0.05, 0) is 170 Å². The molecule has 0 radical (unpaired) electrons. The summed E-state index contributed by atoms with van der Waals surface area (Å²) in [5.41, 5.74) is 24.5. The summed E-state index contributed by atoms with van der Waals surface area (Å²) >= 11 is 0. The Kier molecular flexibility index (Phi) is 14.9. The Morgan fingerprint density at radius 1 is 0.868 bits per heavy atom. The van der Waals surface area contributed by atoms with Crippen LogP contribution in [0.15, 0.2) is 211 Å². The largest absolute Gasteiger partial charge is 0.460 e. The second-order valence-electron chi connectivity index (χ2n) is 19.0. The average molecular weight is 897 g/mol. The number of nitrogens with two attached hydrogens (primary N) is 1. The quantitative estimate of drug-likeness (QED) is 0.0437. The second-order valence-corrected chi connectivity index (χ2v) is 19.0. The molecular formula is C62H64N4O2. The van der Waals surface area contributed by atoms with Gasteiger partial charge in [-0.2, -0.15) is 0 Å². The van der Waals surface area contributed by atoms with E-state index in [1.54, 1.807) is 0 Å². The molecule has 4 aromatic carbocycles. The van der Waals surface area contributed by atoms with Crippen molar-refractivity contribution in [1.29, 1.82) is 5.41 Å². The van der Waals surface area contributed by atoms with Crippen LogP contribution in [-0.4, -0.2) is 29.4 Å². The number of carbonyl (C=O) groups is 1. The van der Waals surface area contributed by atoms with Crippen LogP contribution in [0.5, 0.6) is 0 Å². The van der Waals surface area contributed by atoms with Gasteiger partial charge in [0.1, 0.15) is 5.60 Å². The molecule has 4 aliphatic rings. The van der Waals surface area contributed by atoms with Gasteiger partial charge in [-0.15, -0.1) is 5.73 Å². The van der Waals surface area contributed by atoms with E-state index in [4.69, 9.17) is 15.9 Å². The SMILES string of the molecule is C/C=C\C=C(/N)C1C=C(c2cccc(-c3cc(-c4ccc(CC(=O)OC(C)(C)C)cc4)cc(-c4cccc(C5C=C(C(=N)/C=C\CC)NC(C6C=CC=CC6)C5)c4)c3)c2)C=C(C2=C=CCC=C2)N1. The van der Waals surface area contributed by atoms with E-state index in [0.717, 1.165) is 98.4 Å². The van der Waals surface area contributed by atoms with E-state index in [9.17, 15) is 4.79 Å². The van der Waals surface area contributed by atoms with E-state index in [-0.39, 0.29) is 30.4 Å². The molecule has 0 amide bonds. The van der Waals surface area contributed by atoms with Gasteiger partial charge in [0.05, 0.1) is 29.6 Å². The Morgan fingerprint density at radius 2 is 1.59 bits per heavy atom. The maximum Gasteiger partial charge on any atom is 0.310 e. The van der Waals surface area contributed by atoms with Gasteiger partial charge in [-0.1, -0.05) is 128 Å². The fourth-order valence-corrected chi connectivity index (χ4v) is 9.17. The Hall–Kier alpha value is -7.40. The summed E-state index contributed by atoms with van der Waals surface area (Å²) in [7, 11) is 0. The standard InChI is InChI=1S/C62H64N4O2/c1-6-8-26-55(63)59-40-53(38-57(65-59)44-18-12-10-13-19-44)48-24-16-22-46(33-48)51-35-50(43-30-28-42(29-31-43)32-61(67)68-62(3,4)5)36-52(37-51)47-23-17-25-49(34-47)54-39-58(45-20-14-11-15-21-45)66-60(41-54)56(64)27-9-7-2/h6,8-9,11-18,20,22-31,33-38,40-41,45,54,58-59,64-66H,7,10,21,32,39,63H2,1-5H3/b8-6-,27-9-,55-26-,64-56?. The highest BCUT2D eigenvalue weighted by atomic mass is 16.6. The number of rotatable bonds is 14. The van der Waals surface area contributed by atoms with E-state index in [0.29, 0.717) is 11.6 Å². The van der Waals surface area contributed by atoms with Gasteiger partial charge in [0.25, 0.3) is 0 Å². The zero-order valence-corrected chi connectivity index (χ0v) is 40.1. The van der Waals surface area contributed by atoms with Crippen LogP contribution in [0, 0.1) is 11.3 Å². The summed E-state index contributed by atoms with van der Waals surface area (Å²) in [6.07, 6.45) is 35.6. The topological polar surface area (TPSA) is 100 Å². The fraction of sp³-hybridized carbons (Fsp3) is 0.242. The molecule has 4 aromatic rings. The minimum absolute atomic E-state index is 0.125. The van der Waals surface area contributed by atoms with Crippen molar-refractivity contribution in [2.75, 3.05) is 0 Å². The third-order valence-electron chi connectivity index (χ3n) is 12.6. The second kappa shape index (κ2) is 21.5. The molecule has 4 atom stereocenters. The van der Waals surface area contributed by atoms with Crippen molar-refractivity contribution in [2.45, 2.75) is 90.3 Å². The smallest absolute Gasteiger partial charge is 0.310 e. The average Bonchev–Trinajstić information content (AvgIpc) is 3.37. The lowest BCUT2D eigenvalue weighted by Crippen LogP contribution is -2.41. The lowest BCUT2D eigenvalue weighted by atomic mass is 9.80. The van der Waals surface area contributed by atoms with E-state index >= 15 is 0 Å². The molecule has 0 saturated heterocycles. The van der Waals surface area contributed by atoms with Gasteiger partial charge in [0, 0.05) is 29.1 Å². The highest BCUT2D eigenvalue weighted by Gasteiger charge is 2.29. The molecule has 0 saturated carbocycles. The molecule has 0 aromatic heterocycles. The first kappa shape index (κ1) is 47.1.